The smallest absolute Gasteiger partial charge is 0.269 e. The van der Waals surface area contributed by atoms with Crippen LogP contribution < -0.4 is 15.7 Å². The van der Waals surface area contributed by atoms with Crippen molar-refractivity contribution in [2.45, 2.75) is 70.4 Å². The van der Waals surface area contributed by atoms with Crippen LogP contribution in [-0.4, -0.2) is 48.3 Å². The highest BCUT2D eigenvalue weighted by molar-refractivity contribution is 7.90. The Morgan fingerprint density at radius 3 is 2.20 bits per heavy atom. The number of pyridine rings is 1. The molecule has 3 fully saturated rings. The van der Waals surface area contributed by atoms with Crippen LogP contribution in [0.25, 0.3) is 22.4 Å². The minimum atomic E-state index is -4.06. The second-order valence-electron chi connectivity index (χ2n) is 17.1. The van der Waals surface area contributed by atoms with Crippen molar-refractivity contribution in [2.24, 2.45) is 23.2 Å². The van der Waals surface area contributed by atoms with Crippen LogP contribution in [0.3, 0.4) is 0 Å². The largest absolute Gasteiger partial charge is 0.407 e. The Labute approximate surface area is 334 Å². The highest BCUT2D eigenvalue weighted by Gasteiger charge is 2.59. The van der Waals surface area contributed by atoms with Gasteiger partial charge >= 0.3 is 0 Å². The van der Waals surface area contributed by atoms with E-state index in [1.807, 2.05) is 19.1 Å². The number of nitrogens with zero attached hydrogens (tertiary/aromatic N) is 4. The lowest BCUT2D eigenvalue weighted by Crippen LogP contribution is -2.68. The van der Waals surface area contributed by atoms with Crippen LogP contribution in [0.5, 0.6) is 0 Å². The summed E-state index contributed by atoms with van der Waals surface area (Å²) in [5.74, 6) is 0.498. The van der Waals surface area contributed by atoms with Crippen LogP contribution >= 0.6 is 11.6 Å². The number of rotatable bonds is 10. The predicted octanol–water partition coefficient (Wildman–Crippen LogP) is 8.87. The number of benzene rings is 3. The van der Waals surface area contributed by atoms with Gasteiger partial charge in [-0.05, 0) is 70.6 Å². The number of aromatic nitrogens is 4. The van der Waals surface area contributed by atoms with E-state index in [2.05, 4.69) is 98.4 Å². The van der Waals surface area contributed by atoms with Crippen LogP contribution in [0.4, 0.5) is 10.2 Å². The van der Waals surface area contributed by atoms with Crippen molar-refractivity contribution in [3.63, 3.8) is 0 Å². The van der Waals surface area contributed by atoms with E-state index >= 15 is 4.39 Å². The number of nitrogens with one attached hydrogen (secondary N) is 1. The molecule has 1 unspecified atom stereocenters. The standard InChI is InChI=1S/C44H47ClFN5O3SSi/c1-28-17-19-32(20-18-28)55(52,53)51-26-36(35-23-31(45)24-48-42(35)51)40-47-25-38(46)41(50-40)49-39-29(21-30-22-37(39)44(30,5)6)27-54-56(43(2,3)4,33-13-9-7-10-14-33)34-15-11-8-12-16-34/h7-20,23-26,29-30,37,39H,21-22,27H2,1-6H3,(H,47,49,50)/t29-,30+,37+,39?/m1/s1. The molecule has 3 aliphatic rings. The molecule has 3 heterocycles. The zero-order chi connectivity index (χ0) is 39.6. The van der Waals surface area contributed by atoms with Crippen molar-refractivity contribution in [3.05, 3.63) is 126 Å². The second-order valence-corrected chi connectivity index (χ2v) is 23.6. The molecule has 0 spiro atoms. The maximum atomic E-state index is 16.0. The molecule has 6 aromatic rings. The van der Waals surface area contributed by atoms with Gasteiger partial charge in [0.05, 0.1) is 16.1 Å². The molecule has 3 aliphatic carbocycles. The fourth-order valence-corrected chi connectivity index (χ4v) is 15.4. The first-order chi connectivity index (χ1) is 26.6. The lowest BCUT2D eigenvalue weighted by atomic mass is 9.45. The number of aryl methyl sites for hydroxylation is 1. The van der Waals surface area contributed by atoms with Crippen molar-refractivity contribution in [2.75, 3.05) is 11.9 Å². The Morgan fingerprint density at radius 1 is 0.946 bits per heavy atom. The zero-order valence-corrected chi connectivity index (χ0v) is 35.1. The number of fused-ring (bicyclic) bond motifs is 3. The molecular formula is C44H47ClFN5O3SSi. The van der Waals surface area contributed by atoms with E-state index in [9.17, 15) is 8.42 Å². The quantitative estimate of drug-likeness (QED) is 0.138. The average Bonchev–Trinajstić information content (AvgIpc) is 3.56. The summed E-state index contributed by atoms with van der Waals surface area (Å²) < 4.78 is 52.4. The van der Waals surface area contributed by atoms with E-state index in [1.165, 1.54) is 22.8 Å². The number of halogens is 2. The van der Waals surface area contributed by atoms with E-state index in [1.54, 1.807) is 30.3 Å². The SMILES string of the molecule is Cc1ccc(S(=O)(=O)n2cc(-c3ncc(F)c(NC4[C@@H](CO[Si](c5ccccc5)(c5ccccc5)C(C)(C)C)C[C@H]5C[C@@H]4C5(C)C)n3)c3cc(Cl)cnc32)cc1. The average molecular weight is 808 g/mol. The molecular weight excluding hydrogens is 761 g/mol. The van der Waals surface area contributed by atoms with Crippen LogP contribution in [0.1, 0.15) is 53.0 Å². The molecule has 3 aromatic carbocycles. The number of hydrogen-bond acceptors (Lipinski definition) is 7. The van der Waals surface area contributed by atoms with Gasteiger partial charge in [0.2, 0.25) is 0 Å². The molecule has 3 aromatic heterocycles. The molecule has 56 heavy (non-hydrogen) atoms. The highest BCUT2D eigenvalue weighted by atomic mass is 35.5. The molecule has 4 atom stereocenters. The van der Waals surface area contributed by atoms with Crippen molar-refractivity contribution in [1.29, 1.82) is 0 Å². The molecule has 0 saturated heterocycles. The van der Waals surface area contributed by atoms with Crippen LogP contribution in [0.15, 0.2) is 114 Å². The fraction of sp³-hybridized carbons (Fsp3) is 0.341. The Hall–Kier alpha value is -4.42. The van der Waals surface area contributed by atoms with Crippen LogP contribution in [-0.2, 0) is 14.4 Å². The summed E-state index contributed by atoms with van der Waals surface area (Å²) in [6.45, 7) is 13.8. The lowest BCUT2D eigenvalue weighted by molar-refractivity contribution is -0.106. The monoisotopic (exact) mass is 807 g/mol. The van der Waals surface area contributed by atoms with E-state index in [-0.39, 0.29) is 50.5 Å². The maximum absolute atomic E-state index is 16.0. The maximum Gasteiger partial charge on any atom is 0.269 e. The topological polar surface area (TPSA) is 99.0 Å². The summed E-state index contributed by atoms with van der Waals surface area (Å²) in [6.07, 6.45) is 5.97. The molecule has 8 nitrogen and oxygen atoms in total. The van der Waals surface area contributed by atoms with Gasteiger partial charge in [-0.25, -0.2) is 31.7 Å². The first kappa shape index (κ1) is 38.5. The lowest BCUT2D eigenvalue weighted by Gasteiger charge is -2.63. The first-order valence-corrected chi connectivity index (χ1v) is 22.9. The van der Waals surface area contributed by atoms with Gasteiger partial charge in [0.25, 0.3) is 18.3 Å². The van der Waals surface area contributed by atoms with Gasteiger partial charge in [0.15, 0.2) is 23.1 Å². The van der Waals surface area contributed by atoms with Crippen molar-refractivity contribution in [1.82, 2.24) is 18.9 Å². The summed E-state index contributed by atoms with van der Waals surface area (Å²) in [4.78, 5) is 13.7. The van der Waals surface area contributed by atoms with Crippen LogP contribution in [0, 0.1) is 35.9 Å². The number of hydrogen-bond donors (Lipinski definition) is 1. The Morgan fingerprint density at radius 2 is 1.59 bits per heavy atom. The Balaban J connectivity index is 1.16. The van der Waals surface area contributed by atoms with E-state index in [4.69, 9.17) is 21.0 Å². The van der Waals surface area contributed by atoms with Gasteiger partial charge in [-0.2, -0.15) is 0 Å². The van der Waals surface area contributed by atoms with E-state index in [0.29, 0.717) is 28.5 Å². The molecule has 3 saturated carbocycles. The molecule has 9 rings (SSSR count). The Kier molecular flexibility index (Phi) is 9.75. The van der Waals surface area contributed by atoms with E-state index < -0.39 is 24.2 Å². The molecule has 12 heteroatoms. The minimum absolute atomic E-state index is 0.0537. The van der Waals surface area contributed by atoms with Gasteiger partial charge in [-0.1, -0.05) is 125 Å². The third-order valence-corrected chi connectivity index (χ3v) is 19.3. The summed E-state index contributed by atoms with van der Waals surface area (Å²) >= 11 is 6.41. The minimum Gasteiger partial charge on any atom is -0.407 e. The van der Waals surface area contributed by atoms with Gasteiger partial charge < -0.3 is 9.74 Å². The third kappa shape index (κ3) is 6.46. The molecule has 2 bridgehead atoms. The van der Waals surface area contributed by atoms with Crippen molar-refractivity contribution < 1.29 is 17.2 Å². The summed E-state index contributed by atoms with van der Waals surface area (Å²) in [7, 11) is -6.89. The predicted molar refractivity (Wildman–Crippen MR) is 224 cm³/mol. The summed E-state index contributed by atoms with van der Waals surface area (Å²) in [5, 5.41) is 6.57. The zero-order valence-electron chi connectivity index (χ0n) is 32.5. The molecule has 0 amide bonds. The van der Waals surface area contributed by atoms with E-state index in [0.717, 1.165) is 28.6 Å². The van der Waals surface area contributed by atoms with Crippen LogP contribution in [0.2, 0.25) is 10.1 Å². The van der Waals surface area contributed by atoms with Gasteiger partial charge in [0, 0.05) is 41.9 Å². The van der Waals surface area contributed by atoms with Gasteiger partial charge in [-0.3, -0.25) is 0 Å². The highest BCUT2D eigenvalue weighted by Crippen LogP contribution is 2.61. The van der Waals surface area contributed by atoms with Crippen molar-refractivity contribution >= 4 is 57.2 Å². The molecule has 0 radical (unpaired) electrons. The number of anilines is 1. The fourth-order valence-electron chi connectivity index (χ4n) is 9.29. The van der Waals surface area contributed by atoms with Gasteiger partial charge in [0.1, 0.15) is 0 Å². The second kappa shape index (κ2) is 14.2. The third-order valence-electron chi connectivity index (χ3n) is 12.5. The summed E-state index contributed by atoms with van der Waals surface area (Å²) in [5.41, 5.74) is 1.52. The molecule has 0 aliphatic heterocycles. The Bertz CT molecular complexity index is 2470. The summed E-state index contributed by atoms with van der Waals surface area (Å²) in [6, 6.07) is 29.4. The van der Waals surface area contributed by atoms with Gasteiger partial charge in [-0.15, -0.1) is 0 Å². The molecule has 1 N–H and O–H groups in total. The first-order valence-electron chi connectivity index (χ1n) is 19.1. The normalized spacial score (nSPS) is 20.8. The molecule has 290 valence electrons. The van der Waals surface area contributed by atoms with Crippen molar-refractivity contribution in [3.8, 4) is 11.4 Å².